The van der Waals surface area contributed by atoms with Crippen LogP contribution >= 0.6 is 12.4 Å². The van der Waals surface area contributed by atoms with Gasteiger partial charge in [0.15, 0.2) is 0 Å². The van der Waals surface area contributed by atoms with E-state index in [9.17, 15) is 10.1 Å². The second-order valence-electron chi connectivity index (χ2n) is 2.58. The summed E-state index contributed by atoms with van der Waals surface area (Å²) < 4.78 is 0. The third-order valence-corrected chi connectivity index (χ3v) is 1.71. The van der Waals surface area contributed by atoms with Crippen LogP contribution < -0.4 is 5.73 Å². The number of hydrogen-bond donors (Lipinski definition) is 1. The number of rotatable bonds is 2. The number of nitrogens with two attached hydrogens (primary N) is 1. The summed E-state index contributed by atoms with van der Waals surface area (Å²) in [7, 11) is 0. The lowest BCUT2D eigenvalue weighted by atomic mass is 10.1. The summed E-state index contributed by atoms with van der Waals surface area (Å²) in [4.78, 5) is 10.1. The lowest BCUT2D eigenvalue weighted by Gasteiger charge is -1.99. The topological polar surface area (TPSA) is 69.2 Å². The quantitative estimate of drug-likeness (QED) is 0.587. The zero-order chi connectivity index (χ0) is 9.14. The van der Waals surface area contributed by atoms with E-state index < -0.39 is 4.92 Å². The van der Waals surface area contributed by atoms with Gasteiger partial charge in [0.2, 0.25) is 0 Å². The van der Waals surface area contributed by atoms with Gasteiger partial charge >= 0.3 is 0 Å². The molecule has 0 radical (unpaired) electrons. The third kappa shape index (κ3) is 2.68. The van der Waals surface area contributed by atoms with Gasteiger partial charge in [-0.3, -0.25) is 10.1 Å². The first kappa shape index (κ1) is 11.9. The predicted molar refractivity (Wildman–Crippen MR) is 53.0 cm³/mol. The summed E-state index contributed by atoms with van der Waals surface area (Å²) in [5, 5.41) is 10.5. The van der Waals surface area contributed by atoms with Crippen molar-refractivity contribution >= 4 is 18.1 Å². The molecule has 0 saturated carbocycles. The van der Waals surface area contributed by atoms with Crippen molar-refractivity contribution in [2.75, 3.05) is 0 Å². The number of nitrogens with zero attached hydrogens (tertiary/aromatic N) is 1. The van der Waals surface area contributed by atoms with Crippen LogP contribution in [0.5, 0.6) is 0 Å². The van der Waals surface area contributed by atoms with Crippen LogP contribution in [0.15, 0.2) is 18.2 Å². The van der Waals surface area contributed by atoms with Crippen molar-refractivity contribution < 1.29 is 4.92 Å². The van der Waals surface area contributed by atoms with Crippen LogP contribution in [0.2, 0.25) is 0 Å². The van der Waals surface area contributed by atoms with Crippen molar-refractivity contribution in [1.82, 2.24) is 0 Å². The fourth-order valence-electron chi connectivity index (χ4n) is 0.979. The SMILES string of the molecule is Cc1ccc(CN)cc1[N+](=O)[O-].Cl. The molecule has 0 unspecified atom stereocenters. The molecule has 0 fully saturated rings. The highest BCUT2D eigenvalue weighted by Gasteiger charge is 2.09. The fourth-order valence-corrected chi connectivity index (χ4v) is 0.979. The molecule has 72 valence electrons. The van der Waals surface area contributed by atoms with E-state index in [1.807, 2.05) is 0 Å². The average molecular weight is 203 g/mol. The molecule has 2 N–H and O–H groups in total. The van der Waals surface area contributed by atoms with Gasteiger partial charge < -0.3 is 5.73 Å². The molecule has 0 spiro atoms. The Balaban J connectivity index is 0.00000144. The summed E-state index contributed by atoms with van der Waals surface area (Å²) >= 11 is 0. The molecule has 4 nitrogen and oxygen atoms in total. The van der Waals surface area contributed by atoms with Crippen LogP contribution in [0.3, 0.4) is 0 Å². The van der Waals surface area contributed by atoms with E-state index in [2.05, 4.69) is 0 Å². The van der Waals surface area contributed by atoms with Gasteiger partial charge in [-0.05, 0) is 12.5 Å². The highest BCUT2D eigenvalue weighted by molar-refractivity contribution is 5.85. The largest absolute Gasteiger partial charge is 0.326 e. The van der Waals surface area contributed by atoms with Gasteiger partial charge in [-0.15, -0.1) is 12.4 Å². The van der Waals surface area contributed by atoms with E-state index in [4.69, 9.17) is 5.73 Å². The minimum atomic E-state index is -0.394. The van der Waals surface area contributed by atoms with Crippen LogP contribution in [0.4, 0.5) is 5.69 Å². The Morgan fingerprint density at radius 3 is 2.62 bits per heavy atom. The third-order valence-electron chi connectivity index (χ3n) is 1.71. The first-order chi connectivity index (χ1) is 5.65. The van der Waals surface area contributed by atoms with Crippen LogP contribution in [-0.4, -0.2) is 4.92 Å². The van der Waals surface area contributed by atoms with Crippen LogP contribution in [0.1, 0.15) is 11.1 Å². The molecule has 0 aliphatic carbocycles. The van der Waals surface area contributed by atoms with Crippen molar-refractivity contribution in [1.29, 1.82) is 0 Å². The van der Waals surface area contributed by atoms with Gasteiger partial charge in [0.1, 0.15) is 0 Å². The number of hydrogen-bond acceptors (Lipinski definition) is 3. The molecule has 1 aromatic rings. The second-order valence-corrected chi connectivity index (χ2v) is 2.58. The van der Waals surface area contributed by atoms with Gasteiger partial charge in [0.05, 0.1) is 4.92 Å². The average Bonchev–Trinajstić information content (AvgIpc) is 2.05. The Hall–Kier alpha value is -1.13. The van der Waals surface area contributed by atoms with E-state index in [1.54, 1.807) is 19.1 Å². The molecule has 5 heteroatoms. The zero-order valence-corrected chi connectivity index (χ0v) is 8.00. The maximum atomic E-state index is 10.5. The molecule has 13 heavy (non-hydrogen) atoms. The van der Waals surface area contributed by atoms with Crippen molar-refractivity contribution in [3.63, 3.8) is 0 Å². The molecule has 0 saturated heterocycles. The molecule has 0 bridgehead atoms. The van der Waals surface area contributed by atoms with Crippen LogP contribution in [0, 0.1) is 17.0 Å². The standard InChI is InChI=1S/C8H10N2O2.ClH/c1-6-2-3-7(5-9)4-8(6)10(11)12;/h2-4H,5,9H2,1H3;1H. The normalized spacial score (nSPS) is 9.08. The molecule has 0 amide bonds. The van der Waals surface area contributed by atoms with Gasteiger partial charge in [0, 0.05) is 18.2 Å². The Bertz CT molecular complexity index is 315. The minimum Gasteiger partial charge on any atom is -0.326 e. The van der Waals surface area contributed by atoms with Crippen molar-refractivity contribution in [3.05, 3.63) is 39.4 Å². The second kappa shape index (κ2) is 4.79. The summed E-state index contributed by atoms with van der Waals surface area (Å²) in [5.41, 5.74) is 6.93. The maximum Gasteiger partial charge on any atom is 0.272 e. The molecule has 0 aliphatic heterocycles. The monoisotopic (exact) mass is 202 g/mol. The lowest BCUT2D eigenvalue weighted by molar-refractivity contribution is -0.385. The molecule has 0 atom stereocenters. The maximum absolute atomic E-state index is 10.5. The number of nitro groups is 1. The Morgan fingerprint density at radius 1 is 1.54 bits per heavy atom. The van der Waals surface area contributed by atoms with E-state index >= 15 is 0 Å². The molecule has 1 aromatic carbocycles. The Labute approximate surface area is 82.3 Å². The summed E-state index contributed by atoms with van der Waals surface area (Å²) in [6.07, 6.45) is 0. The molecular weight excluding hydrogens is 192 g/mol. The molecule has 0 heterocycles. The van der Waals surface area contributed by atoms with E-state index in [0.717, 1.165) is 5.56 Å². The smallest absolute Gasteiger partial charge is 0.272 e. The van der Waals surface area contributed by atoms with Crippen LogP contribution in [-0.2, 0) is 6.54 Å². The first-order valence-electron chi connectivity index (χ1n) is 3.59. The van der Waals surface area contributed by atoms with E-state index in [-0.39, 0.29) is 18.1 Å². The van der Waals surface area contributed by atoms with Crippen molar-refractivity contribution in [2.45, 2.75) is 13.5 Å². The van der Waals surface area contributed by atoms with Gasteiger partial charge in [-0.25, -0.2) is 0 Å². The van der Waals surface area contributed by atoms with E-state index in [1.165, 1.54) is 6.07 Å². The summed E-state index contributed by atoms with van der Waals surface area (Å²) in [6.45, 7) is 2.04. The van der Waals surface area contributed by atoms with Gasteiger partial charge in [0.25, 0.3) is 5.69 Å². The van der Waals surface area contributed by atoms with Crippen molar-refractivity contribution in [2.24, 2.45) is 5.73 Å². The summed E-state index contributed by atoms with van der Waals surface area (Å²) in [6, 6.07) is 5.01. The van der Waals surface area contributed by atoms with Crippen molar-refractivity contribution in [3.8, 4) is 0 Å². The lowest BCUT2D eigenvalue weighted by Crippen LogP contribution is -1.98. The zero-order valence-electron chi connectivity index (χ0n) is 7.19. The Kier molecular flexibility index (Phi) is 4.37. The fraction of sp³-hybridized carbons (Fsp3) is 0.250. The Morgan fingerprint density at radius 2 is 2.15 bits per heavy atom. The minimum absolute atomic E-state index is 0. The molecule has 0 aliphatic rings. The van der Waals surface area contributed by atoms with Crippen LogP contribution in [0.25, 0.3) is 0 Å². The number of aryl methyl sites for hydroxylation is 1. The molecule has 0 aromatic heterocycles. The molecular formula is C8H11ClN2O2. The number of halogens is 1. The van der Waals surface area contributed by atoms with E-state index in [0.29, 0.717) is 12.1 Å². The predicted octanol–water partition coefficient (Wildman–Crippen LogP) is 1.78. The highest BCUT2D eigenvalue weighted by atomic mass is 35.5. The number of benzene rings is 1. The first-order valence-corrected chi connectivity index (χ1v) is 3.59. The van der Waals surface area contributed by atoms with Gasteiger partial charge in [-0.2, -0.15) is 0 Å². The highest BCUT2D eigenvalue weighted by Crippen LogP contribution is 2.18. The summed E-state index contributed by atoms with van der Waals surface area (Å²) in [5.74, 6) is 0. The molecule has 1 rings (SSSR count). The number of nitro benzene ring substituents is 1. The van der Waals surface area contributed by atoms with Gasteiger partial charge in [-0.1, -0.05) is 12.1 Å².